The van der Waals surface area contributed by atoms with Crippen molar-refractivity contribution in [2.75, 3.05) is 19.9 Å². The van der Waals surface area contributed by atoms with Gasteiger partial charge in [-0.3, -0.25) is 4.90 Å². The summed E-state index contributed by atoms with van der Waals surface area (Å²) in [5, 5.41) is 10.7. The van der Waals surface area contributed by atoms with E-state index in [0.29, 0.717) is 17.6 Å². The number of thiophene rings is 1. The summed E-state index contributed by atoms with van der Waals surface area (Å²) in [6, 6.07) is 7.96. The molecule has 4 atom stereocenters. The minimum absolute atomic E-state index is 0.160. The highest BCUT2D eigenvalue weighted by Gasteiger charge is 2.42. The lowest BCUT2D eigenvalue weighted by molar-refractivity contribution is -0.0232. The molecule has 1 aromatic carbocycles. The Morgan fingerprint density at radius 3 is 2.68 bits per heavy atom. The Labute approximate surface area is 169 Å². The molecule has 5 nitrogen and oxygen atoms in total. The van der Waals surface area contributed by atoms with Gasteiger partial charge in [-0.15, -0.1) is 11.3 Å². The molecule has 3 aliphatic rings. The Hall–Kier alpha value is -1.76. The van der Waals surface area contributed by atoms with Crippen LogP contribution in [0.4, 0.5) is 0 Å². The summed E-state index contributed by atoms with van der Waals surface area (Å²) in [6.45, 7) is 7.84. The fraction of sp³-hybridized carbons (Fsp3) is 0.545. The van der Waals surface area contributed by atoms with Crippen LogP contribution in [-0.2, 0) is 6.54 Å². The van der Waals surface area contributed by atoms with E-state index >= 15 is 0 Å². The lowest BCUT2D eigenvalue weighted by atomic mass is 9.78. The quantitative estimate of drug-likeness (QED) is 0.846. The zero-order valence-corrected chi connectivity index (χ0v) is 17.2. The van der Waals surface area contributed by atoms with Gasteiger partial charge in [0.05, 0.1) is 6.10 Å². The third kappa shape index (κ3) is 3.49. The molecule has 5 rings (SSSR count). The highest BCUT2D eigenvalue weighted by atomic mass is 32.1. The number of fused-ring (bicyclic) bond motifs is 2. The molecule has 0 bridgehead atoms. The molecule has 1 N–H and O–H groups in total. The van der Waals surface area contributed by atoms with Gasteiger partial charge in [-0.25, -0.2) is 0 Å². The Bertz CT molecular complexity index is 866. The van der Waals surface area contributed by atoms with E-state index in [0.717, 1.165) is 44.0 Å². The van der Waals surface area contributed by atoms with E-state index in [1.54, 1.807) is 0 Å². The van der Waals surface area contributed by atoms with Crippen molar-refractivity contribution in [1.82, 2.24) is 4.90 Å². The first-order valence-corrected chi connectivity index (χ1v) is 10.9. The fourth-order valence-electron chi connectivity index (χ4n) is 4.95. The van der Waals surface area contributed by atoms with Gasteiger partial charge >= 0.3 is 0 Å². The summed E-state index contributed by atoms with van der Waals surface area (Å²) < 4.78 is 17.0. The Morgan fingerprint density at radius 2 is 1.89 bits per heavy atom. The number of aryl methyl sites for hydroxylation is 2. The maximum atomic E-state index is 10.7. The molecule has 1 saturated carbocycles. The summed E-state index contributed by atoms with van der Waals surface area (Å²) in [4.78, 5) is 5.37. The van der Waals surface area contributed by atoms with Crippen LogP contribution in [0, 0.1) is 25.7 Å². The molecule has 2 aromatic rings. The molecule has 1 aliphatic carbocycles. The second-order valence-corrected chi connectivity index (χ2v) is 9.82. The SMILES string of the molecule is Cc1cc(CN2C[C@H]3C[C@@H](Oc4ccc5c(c4)OCO5)[C@H](O)C[C@H]3C2)c(C)s1. The van der Waals surface area contributed by atoms with Gasteiger partial charge in [0, 0.05) is 35.5 Å². The number of benzene rings is 1. The molecule has 3 heterocycles. The van der Waals surface area contributed by atoms with Gasteiger partial charge in [-0.1, -0.05) is 0 Å². The van der Waals surface area contributed by atoms with Crippen molar-refractivity contribution in [2.24, 2.45) is 11.8 Å². The normalized spacial score (nSPS) is 29.1. The van der Waals surface area contributed by atoms with Crippen LogP contribution < -0.4 is 14.2 Å². The molecule has 28 heavy (non-hydrogen) atoms. The average molecular weight is 402 g/mol. The molecule has 0 amide bonds. The topological polar surface area (TPSA) is 51.2 Å². The number of ether oxygens (including phenoxy) is 3. The molecule has 2 aliphatic heterocycles. The molecule has 2 fully saturated rings. The van der Waals surface area contributed by atoms with E-state index in [4.69, 9.17) is 14.2 Å². The minimum Gasteiger partial charge on any atom is -0.488 e. The van der Waals surface area contributed by atoms with Crippen LogP contribution >= 0.6 is 11.3 Å². The number of hydrogen-bond acceptors (Lipinski definition) is 6. The van der Waals surface area contributed by atoms with Crippen molar-refractivity contribution in [2.45, 2.75) is 45.4 Å². The average Bonchev–Trinajstić information content (AvgIpc) is 3.34. The van der Waals surface area contributed by atoms with Crippen molar-refractivity contribution >= 4 is 11.3 Å². The Balaban J connectivity index is 1.23. The number of aliphatic hydroxyl groups excluding tert-OH is 1. The molecular weight excluding hydrogens is 374 g/mol. The zero-order valence-electron chi connectivity index (χ0n) is 16.4. The molecule has 0 unspecified atom stereocenters. The van der Waals surface area contributed by atoms with Crippen LogP contribution in [0.15, 0.2) is 24.3 Å². The number of rotatable bonds is 4. The predicted octanol–water partition coefficient (Wildman–Crippen LogP) is 3.74. The number of likely N-dealkylation sites (tertiary alicyclic amines) is 1. The standard InChI is InChI=1S/C22H27NO4S/c1-13-5-15(14(2)28-13)9-23-10-16-6-19(24)21(7-17(16)11-23)27-18-3-4-20-22(8-18)26-12-25-20/h3-5,8,16-17,19,21,24H,6-7,9-12H2,1-2H3/t16-,17+,19+,21+/m0/s1. The van der Waals surface area contributed by atoms with Crippen LogP contribution in [0.25, 0.3) is 0 Å². The van der Waals surface area contributed by atoms with E-state index in [1.807, 2.05) is 29.5 Å². The zero-order chi connectivity index (χ0) is 19.3. The van der Waals surface area contributed by atoms with Gasteiger partial charge in [0.15, 0.2) is 11.5 Å². The van der Waals surface area contributed by atoms with Gasteiger partial charge in [0.1, 0.15) is 11.9 Å². The molecule has 150 valence electrons. The van der Waals surface area contributed by atoms with Crippen molar-refractivity contribution < 1.29 is 19.3 Å². The van der Waals surface area contributed by atoms with Gasteiger partial charge in [-0.05, 0) is 62.3 Å². The number of hydrogen-bond donors (Lipinski definition) is 1. The third-order valence-electron chi connectivity index (χ3n) is 6.33. The molecule has 0 spiro atoms. The van der Waals surface area contributed by atoms with Crippen molar-refractivity contribution in [3.8, 4) is 17.2 Å². The Morgan fingerprint density at radius 1 is 1.11 bits per heavy atom. The third-order valence-corrected chi connectivity index (χ3v) is 7.34. The highest BCUT2D eigenvalue weighted by molar-refractivity contribution is 7.12. The van der Waals surface area contributed by atoms with Gasteiger partial charge in [-0.2, -0.15) is 0 Å². The second-order valence-electron chi connectivity index (χ2n) is 8.36. The van der Waals surface area contributed by atoms with Crippen molar-refractivity contribution in [3.63, 3.8) is 0 Å². The van der Waals surface area contributed by atoms with E-state index < -0.39 is 6.10 Å². The summed E-state index contributed by atoms with van der Waals surface area (Å²) in [6.07, 6.45) is 1.14. The molecular formula is C22H27NO4S. The van der Waals surface area contributed by atoms with E-state index in [-0.39, 0.29) is 12.9 Å². The molecule has 1 saturated heterocycles. The molecule has 6 heteroatoms. The van der Waals surface area contributed by atoms with E-state index in [2.05, 4.69) is 24.8 Å². The monoisotopic (exact) mass is 401 g/mol. The lowest BCUT2D eigenvalue weighted by Crippen LogP contribution is -2.42. The first-order valence-electron chi connectivity index (χ1n) is 10.1. The van der Waals surface area contributed by atoms with Crippen LogP contribution in [0.3, 0.4) is 0 Å². The van der Waals surface area contributed by atoms with Gasteiger partial charge in [0.25, 0.3) is 0 Å². The molecule has 1 aromatic heterocycles. The maximum Gasteiger partial charge on any atom is 0.231 e. The molecule has 0 radical (unpaired) electrons. The second kappa shape index (κ2) is 7.25. The first-order chi connectivity index (χ1) is 13.5. The van der Waals surface area contributed by atoms with Gasteiger partial charge in [0.2, 0.25) is 6.79 Å². The van der Waals surface area contributed by atoms with Crippen molar-refractivity contribution in [3.05, 3.63) is 39.6 Å². The fourth-order valence-corrected chi connectivity index (χ4v) is 5.89. The lowest BCUT2D eigenvalue weighted by Gasteiger charge is -2.35. The highest BCUT2D eigenvalue weighted by Crippen LogP contribution is 2.40. The summed E-state index contributed by atoms with van der Waals surface area (Å²) in [7, 11) is 0. The minimum atomic E-state index is -0.420. The van der Waals surface area contributed by atoms with Crippen LogP contribution in [0.5, 0.6) is 17.2 Å². The maximum absolute atomic E-state index is 10.7. The van der Waals surface area contributed by atoms with Crippen molar-refractivity contribution in [1.29, 1.82) is 0 Å². The predicted molar refractivity (Wildman–Crippen MR) is 108 cm³/mol. The first kappa shape index (κ1) is 18.3. The summed E-state index contributed by atoms with van der Waals surface area (Å²) in [5.74, 6) is 3.36. The largest absolute Gasteiger partial charge is 0.488 e. The Kier molecular flexibility index (Phi) is 4.73. The summed E-state index contributed by atoms with van der Waals surface area (Å²) >= 11 is 1.88. The van der Waals surface area contributed by atoms with Crippen LogP contribution in [0.1, 0.15) is 28.2 Å². The van der Waals surface area contributed by atoms with E-state index in [1.165, 1.54) is 15.3 Å². The number of nitrogens with zero attached hydrogens (tertiary/aromatic N) is 1. The van der Waals surface area contributed by atoms with E-state index in [9.17, 15) is 5.11 Å². The van der Waals surface area contributed by atoms with Gasteiger partial charge < -0.3 is 19.3 Å². The number of aliphatic hydroxyl groups is 1. The smallest absolute Gasteiger partial charge is 0.231 e. The van der Waals surface area contributed by atoms with Crippen LogP contribution in [-0.4, -0.2) is 42.1 Å². The van der Waals surface area contributed by atoms with Crippen LogP contribution in [0.2, 0.25) is 0 Å². The summed E-state index contributed by atoms with van der Waals surface area (Å²) in [5.41, 5.74) is 1.45.